The number of rotatable bonds is 4. The summed E-state index contributed by atoms with van der Waals surface area (Å²) in [5, 5.41) is 9.18. The lowest BCUT2D eigenvalue weighted by Crippen LogP contribution is -2.37. The van der Waals surface area contributed by atoms with Gasteiger partial charge >= 0.3 is 6.03 Å². The molecule has 2 saturated carbocycles. The fourth-order valence-electron chi connectivity index (χ4n) is 4.21. The number of hydrogen-bond donors (Lipinski definition) is 2. The molecule has 0 bridgehead atoms. The summed E-state index contributed by atoms with van der Waals surface area (Å²) in [6, 6.07) is 8.15. The van der Waals surface area contributed by atoms with Crippen LogP contribution < -0.4 is 15.5 Å². The number of benzene rings is 1. The first kappa shape index (κ1) is 17.0. The van der Waals surface area contributed by atoms with Gasteiger partial charge in [-0.15, -0.1) is 11.3 Å². The van der Waals surface area contributed by atoms with Gasteiger partial charge in [0, 0.05) is 35.8 Å². The molecule has 2 aromatic rings. The molecule has 2 atom stereocenters. The summed E-state index contributed by atoms with van der Waals surface area (Å²) in [6.07, 6.45) is 3.66. The lowest BCUT2D eigenvalue weighted by molar-refractivity contribution is 0.122. The van der Waals surface area contributed by atoms with E-state index in [9.17, 15) is 4.79 Å². The summed E-state index contributed by atoms with van der Waals surface area (Å²) in [4.78, 5) is 19.2. The maximum atomic E-state index is 12.2. The molecule has 27 heavy (non-hydrogen) atoms. The predicted molar refractivity (Wildman–Crippen MR) is 107 cm³/mol. The van der Waals surface area contributed by atoms with Gasteiger partial charge in [0.05, 0.1) is 18.9 Å². The number of amides is 2. The number of morpholine rings is 1. The van der Waals surface area contributed by atoms with Crippen molar-refractivity contribution in [3.8, 4) is 11.3 Å². The highest BCUT2D eigenvalue weighted by Crippen LogP contribution is 2.51. The first-order valence-electron chi connectivity index (χ1n) is 9.71. The smallest absolute Gasteiger partial charge is 0.319 e. The highest BCUT2D eigenvalue weighted by atomic mass is 32.1. The number of ether oxygens (including phenoxy) is 1. The SMILES string of the molecule is O=C(Nc1ccc(-c2csc(N3CCOCC3)n2)cc1)NC1CC2CC2C1. The van der Waals surface area contributed by atoms with Crippen molar-refractivity contribution in [1.29, 1.82) is 0 Å². The Hall–Kier alpha value is -2.12. The third-order valence-electron chi connectivity index (χ3n) is 5.79. The summed E-state index contributed by atoms with van der Waals surface area (Å²) in [6.45, 7) is 3.32. The molecule has 2 unspecified atom stereocenters. The average Bonchev–Trinajstić information content (AvgIpc) is 3.09. The number of urea groups is 1. The van der Waals surface area contributed by atoms with Gasteiger partial charge in [-0.2, -0.15) is 0 Å². The molecular weight excluding hydrogens is 360 g/mol. The Morgan fingerprint density at radius 2 is 1.85 bits per heavy atom. The van der Waals surface area contributed by atoms with Crippen molar-refractivity contribution in [3.63, 3.8) is 0 Å². The van der Waals surface area contributed by atoms with Crippen LogP contribution in [0.2, 0.25) is 0 Å². The zero-order valence-corrected chi connectivity index (χ0v) is 16.0. The van der Waals surface area contributed by atoms with E-state index in [0.717, 1.165) is 73.1 Å². The quantitative estimate of drug-likeness (QED) is 0.846. The van der Waals surface area contributed by atoms with Crippen molar-refractivity contribution < 1.29 is 9.53 Å². The third-order valence-corrected chi connectivity index (χ3v) is 6.69. The molecule has 3 fully saturated rings. The first-order chi connectivity index (χ1) is 13.2. The van der Waals surface area contributed by atoms with E-state index in [1.165, 1.54) is 6.42 Å². The summed E-state index contributed by atoms with van der Waals surface area (Å²) in [5.41, 5.74) is 2.85. The van der Waals surface area contributed by atoms with Gasteiger partial charge in [-0.25, -0.2) is 9.78 Å². The molecule has 1 aliphatic heterocycles. The van der Waals surface area contributed by atoms with E-state index < -0.39 is 0 Å². The molecule has 1 aromatic heterocycles. The molecule has 7 heteroatoms. The molecule has 2 heterocycles. The highest BCUT2D eigenvalue weighted by Gasteiger charge is 2.46. The molecule has 2 aliphatic carbocycles. The van der Waals surface area contributed by atoms with E-state index in [1.807, 2.05) is 24.3 Å². The van der Waals surface area contributed by atoms with Crippen LogP contribution in [-0.4, -0.2) is 43.4 Å². The average molecular weight is 385 g/mol. The van der Waals surface area contributed by atoms with E-state index in [0.29, 0.717) is 6.04 Å². The second kappa shape index (κ2) is 7.13. The van der Waals surface area contributed by atoms with Crippen molar-refractivity contribution >= 4 is 28.2 Å². The Bertz CT molecular complexity index is 806. The third kappa shape index (κ3) is 3.80. The van der Waals surface area contributed by atoms with Gasteiger partial charge in [-0.1, -0.05) is 12.1 Å². The number of nitrogens with one attached hydrogen (secondary N) is 2. The predicted octanol–water partition coefficient (Wildman–Crippen LogP) is 3.57. The molecule has 1 saturated heterocycles. The van der Waals surface area contributed by atoms with Gasteiger partial charge in [-0.3, -0.25) is 0 Å². The van der Waals surface area contributed by atoms with Gasteiger partial charge < -0.3 is 20.3 Å². The number of carbonyl (C=O) groups is 1. The Morgan fingerprint density at radius 3 is 2.59 bits per heavy atom. The fourth-order valence-corrected chi connectivity index (χ4v) is 5.09. The van der Waals surface area contributed by atoms with E-state index in [1.54, 1.807) is 11.3 Å². The summed E-state index contributed by atoms with van der Waals surface area (Å²) in [5.74, 6) is 1.74. The van der Waals surface area contributed by atoms with Crippen molar-refractivity contribution in [2.75, 3.05) is 36.5 Å². The molecule has 0 radical (unpaired) electrons. The number of aromatic nitrogens is 1. The number of nitrogens with zero attached hydrogens (tertiary/aromatic N) is 2. The lowest BCUT2D eigenvalue weighted by atomic mass is 10.1. The maximum absolute atomic E-state index is 12.2. The second-order valence-electron chi connectivity index (χ2n) is 7.71. The zero-order valence-electron chi connectivity index (χ0n) is 15.2. The van der Waals surface area contributed by atoms with Gasteiger partial charge in [0.2, 0.25) is 0 Å². The van der Waals surface area contributed by atoms with Crippen LogP contribution in [0.4, 0.5) is 15.6 Å². The lowest BCUT2D eigenvalue weighted by Gasteiger charge is -2.26. The molecule has 0 spiro atoms. The Morgan fingerprint density at radius 1 is 1.11 bits per heavy atom. The normalized spacial score (nSPS) is 26.5. The molecule has 2 N–H and O–H groups in total. The Labute approximate surface area is 162 Å². The van der Waals surface area contributed by atoms with Crippen molar-refractivity contribution in [2.45, 2.75) is 25.3 Å². The van der Waals surface area contributed by atoms with Crippen LogP contribution in [0.25, 0.3) is 11.3 Å². The van der Waals surface area contributed by atoms with Gasteiger partial charge in [0.15, 0.2) is 5.13 Å². The van der Waals surface area contributed by atoms with Crippen LogP contribution in [0.5, 0.6) is 0 Å². The number of anilines is 2. The standard InChI is InChI=1S/C20H24N4O2S/c25-19(22-17-10-14-9-15(14)11-17)21-16-3-1-13(2-4-16)18-12-27-20(23-18)24-5-7-26-8-6-24/h1-4,12,14-15,17H,5-11H2,(H2,21,22,25). The largest absolute Gasteiger partial charge is 0.378 e. The minimum absolute atomic E-state index is 0.0997. The maximum Gasteiger partial charge on any atom is 0.319 e. The van der Waals surface area contributed by atoms with E-state index in [4.69, 9.17) is 9.72 Å². The van der Waals surface area contributed by atoms with Crippen LogP contribution in [-0.2, 0) is 4.74 Å². The topological polar surface area (TPSA) is 66.5 Å². The number of carbonyl (C=O) groups excluding carboxylic acids is 1. The van der Waals surface area contributed by atoms with Gasteiger partial charge in [0.25, 0.3) is 0 Å². The van der Waals surface area contributed by atoms with Crippen molar-refractivity contribution in [3.05, 3.63) is 29.6 Å². The summed E-state index contributed by atoms with van der Waals surface area (Å²) < 4.78 is 5.40. The monoisotopic (exact) mass is 384 g/mol. The molecule has 1 aromatic carbocycles. The van der Waals surface area contributed by atoms with Crippen molar-refractivity contribution in [1.82, 2.24) is 10.3 Å². The van der Waals surface area contributed by atoms with E-state index >= 15 is 0 Å². The van der Waals surface area contributed by atoms with Crippen LogP contribution in [0.1, 0.15) is 19.3 Å². The zero-order chi connectivity index (χ0) is 18.2. The van der Waals surface area contributed by atoms with Gasteiger partial charge in [0.1, 0.15) is 0 Å². The van der Waals surface area contributed by atoms with Crippen LogP contribution in [0.15, 0.2) is 29.6 Å². The first-order valence-corrected chi connectivity index (χ1v) is 10.6. The minimum Gasteiger partial charge on any atom is -0.378 e. The number of thiazole rings is 1. The van der Waals surface area contributed by atoms with Crippen LogP contribution in [0.3, 0.4) is 0 Å². The van der Waals surface area contributed by atoms with E-state index in [2.05, 4.69) is 20.9 Å². The molecular formula is C20H24N4O2S. The van der Waals surface area contributed by atoms with Crippen LogP contribution >= 0.6 is 11.3 Å². The Balaban J connectivity index is 1.18. The Kier molecular flexibility index (Phi) is 4.49. The molecule has 142 valence electrons. The fraction of sp³-hybridized carbons (Fsp3) is 0.500. The number of hydrogen-bond acceptors (Lipinski definition) is 5. The van der Waals surface area contributed by atoms with E-state index in [-0.39, 0.29) is 6.03 Å². The molecule has 3 aliphatic rings. The van der Waals surface area contributed by atoms with Crippen molar-refractivity contribution in [2.24, 2.45) is 11.8 Å². The molecule has 6 nitrogen and oxygen atoms in total. The summed E-state index contributed by atoms with van der Waals surface area (Å²) >= 11 is 1.67. The summed E-state index contributed by atoms with van der Waals surface area (Å²) in [7, 11) is 0. The molecule has 2 amide bonds. The highest BCUT2D eigenvalue weighted by molar-refractivity contribution is 7.14. The second-order valence-corrected chi connectivity index (χ2v) is 8.55. The molecule has 5 rings (SSSR count). The minimum atomic E-state index is -0.0997. The van der Waals surface area contributed by atoms with Gasteiger partial charge in [-0.05, 0) is 43.2 Å². The van der Waals surface area contributed by atoms with Crippen LogP contribution in [0, 0.1) is 11.8 Å². The number of fused-ring (bicyclic) bond motifs is 1.